The maximum absolute atomic E-state index is 15.2. The summed E-state index contributed by atoms with van der Waals surface area (Å²) in [5.74, 6) is -0.346. The standard InChI is InChI=1S/C39H44N6O8Si/c1-25-35(54(4,5)50)32(15-19-42-24-27(16-20-46)40-41-42)53-39(25)30-22-29(44-18-8-12-34(52-3)37(44)48)13-14-31(30)45(38(39)49)23-26-9-6-10-28(21-26)43-17-7-11-33(51-2)36(43)47/h6-14,17-18,21-22,24-25,32,35,46,50H,15-16,19-20,23H2,1-5H3/t25-,32+,35-,39+/m0/s1. The zero-order valence-corrected chi connectivity index (χ0v) is 31.9. The molecule has 0 bridgehead atoms. The van der Waals surface area contributed by atoms with Crippen molar-refractivity contribution in [1.29, 1.82) is 0 Å². The first kappa shape index (κ1) is 37.0. The maximum Gasteiger partial charge on any atom is 0.297 e. The Hall–Kier alpha value is -5.35. The summed E-state index contributed by atoms with van der Waals surface area (Å²) < 4.78 is 22.3. The average molecular weight is 753 g/mol. The molecule has 0 unspecified atom stereocenters. The molecule has 14 nitrogen and oxygen atoms in total. The van der Waals surface area contributed by atoms with Gasteiger partial charge >= 0.3 is 0 Å². The van der Waals surface area contributed by atoms with Gasteiger partial charge in [0.1, 0.15) is 0 Å². The van der Waals surface area contributed by atoms with Gasteiger partial charge in [-0.3, -0.25) is 28.2 Å². The Bertz CT molecular complexity index is 2320. The van der Waals surface area contributed by atoms with Gasteiger partial charge in [-0.1, -0.05) is 24.3 Å². The van der Waals surface area contributed by atoms with Crippen LogP contribution in [0.2, 0.25) is 18.6 Å². The number of benzene rings is 2. The number of carbonyl (C=O) groups is 1. The van der Waals surface area contributed by atoms with Crippen LogP contribution in [-0.4, -0.2) is 75.2 Å². The summed E-state index contributed by atoms with van der Waals surface area (Å²) in [6.07, 6.45) is 5.42. The van der Waals surface area contributed by atoms with E-state index in [4.69, 9.17) is 14.2 Å². The number of fused-ring (bicyclic) bond motifs is 2. The van der Waals surface area contributed by atoms with Crippen LogP contribution in [0.3, 0.4) is 0 Å². The van der Waals surface area contributed by atoms with E-state index >= 15 is 4.79 Å². The molecule has 5 aromatic rings. The molecule has 5 heterocycles. The molecule has 4 atom stereocenters. The fourth-order valence-corrected chi connectivity index (χ4v) is 10.8. The quantitative estimate of drug-likeness (QED) is 0.180. The Kier molecular flexibility index (Phi) is 9.91. The van der Waals surface area contributed by atoms with E-state index in [9.17, 15) is 19.5 Å². The van der Waals surface area contributed by atoms with E-state index in [1.54, 1.807) is 58.5 Å². The van der Waals surface area contributed by atoms with Gasteiger partial charge in [0.05, 0.1) is 38.2 Å². The zero-order valence-electron chi connectivity index (χ0n) is 30.9. The van der Waals surface area contributed by atoms with Crippen LogP contribution in [0.1, 0.15) is 30.2 Å². The van der Waals surface area contributed by atoms with Crippen molar-refractivity contribution >= 4 is 19.9 Å². The second-order valence-electron chi connectivity index (χ2n) is 14.4. The van der Waals surface area contributed by atoms with Gasteiger partial charge in [0.15, 0.2) is 25.4 Å². The van der Waals surface area contributed by atoms with E-state index in [0.29, 0.717) is 47.7 Å². The lowest BCUT2D eigenvalue weighted by Gasteiger charge is -2.32. The smallest absolute Gasteiger partial charge is 0.297 e. The molecule has 2 N–H and O–H groups in total. The summed E-state index contributed by atoms with van der Waals surface area (Å²) >= 11 is 0. The molecular weight excluding hydrogens is 709 g/mol. The molecule has 3 aromatic heterocycles. The number of ether oxygens (including phenoxy) is 3. The number of carbonyl (C=O) groups excluding carboxylic acids is 1. The molecule has 54 heavy (non-hydrogen) atoms. The van der Waals surface area contributed by atoms with Crippen LogP contribution in [-0.2, 0) is 34.6 Å². The van der Waals surface area contributed by atoms with Crippen molar-refractivity contribution in [2.75, 3.05) is 25.7 Å². The van der Waals surface area contributed by atoms with E-state index in [1.165, 1.54) is 23.4 Å². The van der Waals surface area contributed by atoms with Crippen molar-refractivity contribution in [1.82, 2.24) is 24.1 Å². The molecule has 1 saturated heterocycles. The average Bonchev–Trinajstić information content (AvgIpc) is 3.80. The number of pyridine rings is 2. The Labute approximate surface area is 312 Å². The number of hydrogen-bond acceptors (Lipinski definition) is 10. The van der Waals surface area contributed by atoms with Crippen molar-refractivity contribution in [3.05, 3.63) is 123 Å². The minimum absolute atomic E-state index is 0.0391. The van der Waals surface area contributed by atoms with Crippen LogP contribution in [0.15, 0.2) is 94.9 Å². The van der Waals surface area contributed by atoms with Gasteiger partial charge in [-0.2, -0.15) is 0 Å². The van der Waals surface area contributed by atoms with Gasteiger partial charge in [-0.15, -0.1) is 5.10 Å². The SMILES string of the molecule is COc1cccn(-c2cccc(CN3C(=O)[C@]4(O[C@H](CCn5cc(CCO)nn5)[C@@H]([Si](C)(C)O)[C@@H]4C)c4cc(-n5cccc(OC)c5=O)ccc43)c2)c1=O. The van der Waals surface area contributed by atoms with Crippen LogP contribution in [0.5, 0.6) is 11.5 Å². The number of hydrogen-bond donors (Lipinski definition) is 2. The number of rotatable bonds is 12. The van der Waals surface area contributed by atoms with Crippen LogP contribution < -0.4 is 25.5 Å². The summed E-state index contributed by atoms with van der Waals surface area (Å²) in [4.78, 5) is 55.2. The lowest BCUT2D eigenvalue weighted by Crippen LogP contribution is -2.46. The van der Waals surface area contributed by atoms with Gasteiger partial charge in [-0.25, -0.2) is 0 Å². The van der Waals surface area contributed by atoms with Crippen LogP contribution >= 0.6 is 0 Å². The van der Waals surface area contributed by atoms with Crippen molar-refractivity contribution in [2.24, 2.45) is 5.92 Å². The highest BCUT2D eigenvalue weighted by atomic mass is 28.4. The summed E-state index contributed by atoms with van der Waals surface area (Å²) in [7, 11) is -0.0915. The topological polar surface area (TPSA) is 163 Å². The second kappa shape index (κ2) is 14.5. The number of methoxy groups -OCH3 is 2. The third-order valence-electron chi connectivity index (χ3n) is 10.6. The number of anilines is 1. The van der Waals surface area contributed by atoms with Crippen LogP contribution in [0.25, 0.3) is 11.4 Å². The van der Waals surface area contributed by atoms with E-state index in [0.717, 1.165) is 5.56 Å². The molecule has 2 aliphatic heterocycles. The number of aliphatic hydroxyl groups is 1. The van der Waals surface area contributed by atoms with Crippen molar-refractivity contribution in [3.8, 4) is 22.9 Å². The first-order valence-electron chi connectivity index (χ1n) is 17.9. The van der Waals surface area contributed by atoms with E-state index in [1.807, 2.05) is 56.4 Å². The van der Waals surface area contributed by atoms with Gasteiger partial charge < -0.3 is 29.0 Å². The molecule has 0 aliphatic carbocycles. The van der Waals surface area contributed by atoms with Gasteiger partial charge in [0.25, 0.3) is 17.0 Å². The Morgan fingerprint density at radius 3 is 2.20 bits per heavy atom. The summed E-state index contributed by atoms with van der Waals surface area (Å²) in [6, 6.07) is 19.5. The second-order valence-corrected chi connectivity index (χ2v) is 18.3. The van der Waals surface area contributed by atoms with Crippen molar-refractivity contribution < 1.29 is 28.9 Å². The number of aliphatic hydroxyl groups excluding tert-OH is 1. The van der Waals surface area contributed by atoms with E-state index < -0.39 is 25.9 Å². The molecule has 1 fully saturated rings. The molecular formula is C39H44N6O8Si. The molecule has 1 spiro atoms. The molecule has 1 amide bonds. The fraction of sp³-hybridized carbons (Fsp3) is 0.359. The molecule has 2 aromatic carbocycles. The first-order valence-corrected chi connectivity index (χ1v) is 20.9. The normalized spacial score (nSPS) is 20.8. The Morgan fingerprint density at radius 1 is 0.907 bits per heavy atom. The number of aryl methyl sites for hydroxylation is 1. The Morgan fingerprint density at radius 2 is 1.57 bits per heavy atom. The molecule has 0 saturated carbocycles. The summed E-state index contributed by atoms with van der Waals surface area (Å²) in [5, 5.41) is 17.7. The third-order valence-corrected chi connectivity index (χ3v) is 13.1. The highest BCUT2D eigenvalue weighted by Crippen LogP contribution is 2.60. The van der Waals surface area contributed by atoms with Crippen molar-refractivity contribution in [3.63, 3.8) is 0 Å². The lowest BCUT2D eigenvalue weighted by atomic mass is 9.82. The molecule has 7 rings (SSSR count). The number of nitrogens with zero attached hydrogens (tertiary/aromatic N) is 6. The molecule has 0 radical (unpaired) electrons. The molecule has 2 aliphatic rings. The fourth-order valence-electron chi connectivity index (χ4n) is 8.23. The highest BCUT2D eigenvalue weighted by Gasteiger charge is 2.66. The van der Waals surface area contributed by atoms with Crippen LogP contribution in [0, 0.1) is 5.92 Å². The Balaban J connectivity index is 1.32. The lowest BCUT2D eigenvalue weighted by molar-refractivity contribution is -0.146. The predicted octanol–water partition coefficient (Wildman–Crippen LogP) is 3.57. The van der Waals surface area contributed by atoms with Gasteiger partial charge in [0.2, 0.25) is 0 Å². The zero-order chi connectivity index (χ0) is 38.4. The number of amides is 1. The van der Waals surface area contributed by atoms with E-state index in [2.05, 4.69) is 10.3 Å². The highest BCUT2D eigenvalue weighted by molar-refractivity contribution is 6.71. The summed E-state index contributed by atoms with van der Waals surface area (Å²) in [5.41, 5.74) is 1.31. The summed E-state index contributed by atoms with van der Waals surface area (Å²) in [6.45, 7) is 6.26. The minimum atomic E-state index is -2.98. The molecule has 282 valence electrons. The van der Waals surface area contributed by atoms with Gasteiger partial charge in [0, 0.05) is 66.6 Å². The monoisotopic (exact) mass is 752 g/mol. The number of aromatic nitrogens is 5. The first-order chi connectivity index (χ1) is 25.9. The minimum Gasteiger partial charge on any atom is -0.491 e. The van der Waals surface area contributed by atoms with Gasteiger partial charge in [-0.05, 0) is 79.7 Å². The molecule has 15 heteroatoms. The van der Waals surface area contributed by atoms with Crippen molar-refractivity contribution in [2.45, 2.75) is 63.2 Å². The predicted molar refractivity (Wildman–Crippen MR) is 203 cm³/mol. The maximum atomic E-state index is 15.2. The van der Waals surface area contributed by atoms with Crippen LogP contribution in [0.4, 0.5) is 5.69 Å². The third kappa shape index (κ3) is 6.36. The van der Waals surface area contributed by atoms with E-state index in [-0.39, 0.29) is 47.2 Å². The largest absolute Gasteiger partial charge is 0.491 e.